The molecular formula is C22H17Cl2FN2O3S. The van der Waals surface area contributed by atoms with Crippen LogP contribution in [-0.2, 0) is 23.0 Å². The number of carbonyl (C=O) groups excluding carboxylic acids is 1. The van der Waals surface area contributed by atoms with E-state index in [1.807, 2.05) is 24.3 Å². The van der Waals surface area contributed by atoms with E-state index in [-0.39, 0.29) is 18.7 Å². The van der Waals surface area contributed by atoms with E-state index < -0.39 is 26.6 Å². The van der Waals surface area contributed by atoms with Crippen LogP contribution >= 0.6 is 23.2 Å². The third-order valence-corrected chi connectivity index (χ3v) is 7.32. The number of fused-ring (bicyclic) bond motifs is 1. The largest absolute Gasteiger partial charge is 0.322 e. The first-order chi connectivity index (χ1) is 14.7. The monoisotopic (exact) mass is 478 g/mol. The molecule has 0 spiro atoms. The Morgan fingerprint density at radius 1 is 0.968 bits per heavy atom. The third-order valence-electron chi connectivity index (χ3n) is 5.03. The Morgan fingerprint density at radius 2 is 1.65 bits per heavy atom. The lowest BCUT2D eigenvalue weighted by Crippen LogP contribution is -2.36. The fraction of sp³-hybridized carbons (Fsp3) is 0.136. The molecule has 31 heavy (non-hydrogen) atoms. The number of halogens is 3. The lowest BCUT2D eigenvalue weighted by molar-refractivity contribution is 0.102. The molecule has 1 heterocycles. The van der Waals surface area contributed by atoms with Gasteiger partial charge in [-0.15, -0.1) is 0 Å². The highest BCUT2D eigenvalue weighted by molar-refractivity contribution is 7.89. The van der Waals surface area contributed by atoms with Crippen molar-refractivity contribution >= 4 is 44.8 Å². The van der Waals surface area contributed by atoms with Gasteiger partial charge in [0.25, 0.3) is 5.91 Å². The minimum absolute atomic E-state index is 0.00603. The summed E-state index contributed by atoms with van der Waals surface area (Å²) < 4.78 is 42.1. The molecule has 0 fully saturated rings. The highest BCUT2D eigenvalue weighted by atomic mass is 35.5. The molecule has 0 unspecified atom stereocenters. The van der Waals surface area contributed by atoms with E-state index >= 15 is 0 Å². The maximum atomic E-state index is 14.5. The Kier molecular flexibility index (Phi) is 6.03. The molecule has 1 aliphatic heterocycles. The van der Waals surface area contributed by atoms with Gasteiger partial charge in [0.15, 0.2) is 0 Å². The van der Waals surface area contributed by atoms with Crippen LogP contribution in [0.5, 0.6) is 0 Å². The van der Waals surface area contributed by atoms with E-state index in [0.717, 1.165) is 23.3 Å². The number of anilines is 1. The molecule has 0 saturated carbocycles. The van der Waals surface area contributed by atoms with Crippen molar-refractivity contribution in [1.29, 1.82) is 0 Å². The van der Waals surface area contributed by atoms with E-state index in [1.54, 1.807) is 0 Å². The third kappa shape index (κ3) is 4.60. The van der Waals surface area contributed by atoms with Gasteiger partial charge in [-0.1, -0.05) is 47.5 Å². The summed E-state index contributed by atoms with van der Waals surface area (Å²) in [4.78, 5) is 12.1. The molecule has 1 amide bonds. The first kappa shape index (κ1) is 21.8. The van der Waals surface area contributed by atoms with E-state index in [9.17, 15) is 17.6 Å². The maximum Gasteiger partial charge on any atom is 0.255 e. The summed E-state index contributed by atoms with van der Waals surface area (Å²) in [6, 6.07) is 15.3. The van der Waals surface area contributed by atoms with Gasteiger partial charge in [0.1, 0.15) is 10.7 Å². The molecule has 1 N–H and O–H groups in total. The van der Waals surface area contributed by atoms with Crippen molar-refractivity contribution in [3.8, 4) is 0 Å². The van der Waals surface area contributed by atoms with Gasteiger partial charge in [0.05, 0.1) is 0 Å². The maximum absolute atomic E-state index is 14.5. The van der Waals surface area contributed by atoms with Crippen molar-refractivity contribution in [2.75, 3.05) is 11.9 Å². The van der Waals surface area contributed by atoms with Crippen LogP contribution in [0, 0.1) is 5.82 Å². The average molecular weight is 479 g/mol. The molecule has 0 aromatic heterocycles. The fourth-order valence-corrected chi connectivity index (χ4v) is 5.52. The van der Waals surface area contributed by atoms with Gasteiger partial charge in [-0.05, 0) is 53.9 Å². The van der Waals surface area contributed by atoms with Crippen LogP contribution in [-0.4, -0.2) is 25.2 Å². The number of carbonyl (C=O) groups is 1. The summed E-state index contributed by atoms with van der Waals surface area (Å²) in [5.74, 6) is -1.53. The summed E-state index contributed by atoms with van der Waals surface area (Å²) >= 11 is 11.9. The van der Waals surface area contributed by atoms with Gasteiger partial charge in [-0.2, -0.15) is 4.31 Å². The van der Waals surface area contributed by atoms with Crippen LogP contribution in [0.1, 0.15) is 21.5 Å². The Morgan fingerprint density at radius 3 is 2.35 bits per heavy atom. The minimum Gasteiger partial charge on any atom is -0.322 e. The van der Waals surface area contributed by atoms with Gasteiger partial charge in [0.2, 0.25) is 10.0 Å². The lowest BCUT2D eigenvalue weighted by atomic mass is 10.0. The zero-order chi connectivity index (χ0) is 22.2. The molecule has 1 aliphatic rings. The summed E-state index contributed by atoms with van der Waals surface area (Å²) in [7, 11) is -4.14. The second kappa shape index (κ2) is 8.59. The normalized spacial score (nSPS) is 14.2. The molecule has 160 valence electrons. The van der Waals surface area contributed by atoms with Crippen molar-refractivity contribution in [2.24, 2.45) is 0 Å². The van der Waals surface area contributed by atoms with Gasteiger partial charge < -0.3 is 5.32 Å². The van der Waals surface area contributed by atoms with Gasteiger partial charge >= 0.3 is 0 Å². The highest BCUT2D eigenvalue weighted by Gasteiger charge is 2.31. The molecule has 0 radical (unpaired) electrons. The van der Waals surface area contributed by atoms with Crippen molar-refractivity contribution in [2.45, 2.75) is 17.9 Å². The molecular weight excluding hydrogens is 462 g/mol. The van der Waals surface area contributed by atoms with Crippen molar-refractivity contribution < 1.29 is 17.6 Å². The molecule has 0 bridgehead atoms. The molecule has 5 nitrogen and oxygen atoms in total. The zero-order valence-corrected chi connectivity index (χ0v) is 18.4. The second-order valence-electron chi connectivity index (χ2n) is 7.11. The van der Waals surface area contributed by atoms with Gasteiger partial charge in [0, 0.05) is 34.4 Å². The summed E-state index contributed by atoms with van der Waals surface area (Å²) in [5.41, 5.74) is 2.28. The fourth-order valence-electron chi connectivity index (χ4n) is 3.49. The Balaban J connectivity index is 1.62. The molecule has 3 aromatic carbocycles. The first-order valence-electron chi connectivity index (χ1n) is 9.38. The number of benzene rings is 3. The molecule has 9 heteroatoms. The Bertz CT molecular complexity index is 1260. The molecule has 0 atom stereocenters. The molecule has 0 aliphatic carbocycles. The van der Waals surface area contributed by atoms with Crippen LogP contribution in [0.15, 0.2) is 65.6 Å². The molecule has 0 saturated heterocycles. The van der Waals surface area contributed by atoms with E-state index in [2.05, 4.69) is 5.32 Å². The Labute approximate surface area is 189 Å². The quantitative estimate of drug-likeness (QED) is 0.564. The minimum atomic E-state index is -4.14. The predicted molar refractivity (Wildman–Crippen MR) is 119 cm³/mol. The average Bonchev–Trinajstić information content (AvgIpc) is 2.72. The van der Waals surface area contributed by atoms with Crippen LogP contribution in [0.2, 0.25) is 10.0 Å². The Hall–Kier alpha value is -2.45. The van der Waals surface area contributed by atoms with Crippen molar-refractivity contribution in [3.05, 3.63) is 93.2 Å². The lowest BCUT2D eigenvalue weighted by Gasteiger charge is -2.28. The molecule has 4 rings (SSSR count). The van der Waals surface area contributed by atoms with E-state index in [0.29, 0.717) is 22.2 Å². The second-order valence-corrected chi connectivity index (χ2v) is 9.89. The van der Waals surface area contributed by atoms with Crippen LogP contribution in [0.3, 0.4) is 0 Å². The van der Waals surface area contributed by atoms with E-state index in [1.165, 1.54) is 28.6 Å². The number of nitrogens with zero attached hydrogens (tertiary/aromatic N) is 1. The standard InChI is InChI=1S/C22H17Cl2FN2O3S/c23-17-10-18(24)12-19(11-17)26-22(28)15-5-6-20(25)21(9-15)31(29,30)27-8-7-14-3-1-2-4-16(14)13-27/h1-6,9-12H,7-8,13H2,(H,26,28). The summed E-state index contributed by atoms with van der Waals surface area (Å²) in [5, 5.41) is 3.25. The topological polar surface area (TPSA) is 66.5 Å². The SMILES string of the molecule is O=C(Nc1cc(Cl)cc(Cl)c1)c1ccc(F)c(S(=O)(=O)N2CCc3ccccc3C2)c1. The number of amides is 1. The first-order valence-corrected chi connectivity index (χ1v) is 11.6. The zero-order valence-electron chi connectivity index (χ0n) is 16.1. The number of hydrogen-bond donors (Lipinski definition) is 1. The highest BCUT2D eigenvalue weighted by Crippen LogP contribution is 2.28. The number of rotatable bonds is 4. The van der Waals surface area contributed by atoms with Crippen LogP contribution in [0.4, 0.5) is 10.1 Å². The number of nitrogens with one attached hydrogen (secondary N) is 1. The van der Waals surface area contributed by atoms with Crippen molar-refractivity contribution in [3.63, 3.8) is 0 Å². The van der Waals surface area contributed by atoms with Crippen molar-refractivity contribution in [1.82, 2.24) is 4.31 Å². The summed E-state index contributed by atoms with van der Waals surface area (Å²) in [6.07, 6.45) is 0.534. The van der Waals surface area contributed by atoms with Gasteiger partial charge in [-0.25, -0.2) is 12.8 Å². The smallest absolute Gasteiger partial charge is 0.255 e. The number of hydrogen-bond acceptors (Lipinski definition) is 3. The number of sulfonamides is 1. The van der Waals surface area contributed by atoms with Crippen LogP contribution in [0.25, 0.3) is 0 Å². The van der Waals surface area contributed by atoms with E-state index in [4.69, 9.17) is 23.2 Å². The summed E-state index contributed by atoms with van der Waals surface area (Å²) in [6.45, 7) is 0.381. The predicted octanol–water partition coefficient (Wildman–Crippen LogP) is 5.13. The van der Waals surface area contributed by atoms with Crippen LogP contribution < -0.4 is 5.32 Å². The molecule has 3 aromatic rings. The van der Waals surface area contributed by atoms with Gasteiger partial charge in [-0.3, -0.25) is 4.79 Å².